The van der Waals surface area contributed by atoms with E-state index in [1.54, 1.807) is 12.3 Å². The van der Waals surface area contributed by atoms with Gasteiger partial charge in [-0.25, -0.2) is 28.5 Å². The molecular formula is C21H20N8O4S. The molecule has 5 heterocycles. The SMILES string of the molecule is NS(=O)(=O)c1cncc(-c2cc3nc[nH]c(=O)c3c(Nc3ccc(N4CCOCC4)nc3)n2)c1. The quantitative estimate of drug-likeness (QED) is 0.374. The molecule has 0 unspecified atom stereocenters. The lowest BCUT2D eigenvalue weighted by atomic mass is 10.1. The minimum absolute atomic E-state index is 0.150. The topological polar surface area (TPSA) is 169 Å². The fourth-order valence-corrected chi connectivity index (χ4v) is 4.12. The summed E-state index contributed by atoms with van der Waals surface area (Å²) in [5, 5.41) is 8.62. The number of aromatic amines is 1. The highest BCUT2D eigenvalue weighted by Crippen LogP contribution is 2.28. The fraction of sp³-hybridized carbons (Fsp3) is 0.190. The number of rotatable bonds is 5. The summed E-state index contributed by atoms with van der Waals surface area (Å²) >= 11 is 0. The maximum absolute atomic E-state index is 12.6. The molecule has 1 fully saturated rings. The van der Waals surface area contributed by atoms with Crippen molar-refractivity contribution in [3.8, 4) is 11.3 Å². The highest BCUT2D eigenvalue weighted by Gasteiger charge is 2.16. The van der Waals surface area contributed by atoms with Crippen LogP contribution in [0.3, 0.4) is 0 Å². The third-order valence-corrected chi connectivity index (χ3v) is 6.19. The summed E-state index contributed by atoms with van der Waals surface area (Å²) < 4.78 is 28.9. The van der Waals surface area contributed by atoms with E-state index in [1.165, 1.54) is 18.6 Å². The number of primary sulfonamides is 1. The van der Waals surface area contributed by atoms with Gasteiger partial charge in [-0.1, -0.05) is 0 Å². The Balaban J connectivity index is 1.55. The van der Waals surface area contributed by atoms with E-state index in [0.717, 1.165) is 25.1 Å². The van der Waals surface area contributed by atoms with Crippen LogP contribution in [0.5, 0.6) is 0 Å². The second-order valence-electron chi connectivity index (χ2n) is 7.57. The van der Waals surface area contributed by atoms with Gasteiger partial charge < -0.3 is 19.9 Å². The summed E-state index contributed by atoms with van der Waals surface area (Å²) in [5.74, 6) is 1.06. The number of hydrogen-bond acceptors (Lipinski definition) is 10. The van der Waals surface area contributed by atoms with Gasteiger partial charge in [-0.2, -0.15) is 0 Å². The predicted octanol–water partition coefficient (Wildman–Crippen LogP) is 1.00. The number of nitrogens with one attached hydrogen (secondary N) is 2. The van der Waals surface area contributed by atoms with Crippen LogP contribution in [0.4, 0.5) is 17.3 Å². The average Bonchev–Trinajstić information content (AvgIpc) is 2.84. The maximum Gasteiger partial charge on any atom is 0.262 e. The van der Waals surface area contributed by atoms with Gasteiger partial charge in [-0.05, 0) is 24.3 Å². The van der Waals surface area contributed by atoms with Crippen molar-refractivity contribution in [1.82, 2.24) is 24.9 Å². The summed E-state index contributed by atoms with van der Waals surface area (Å²) in [4.78, 5) is 34.4. The zero-order valence-corrected chi connectivity index (χ0v) is 18.6. The molecule has 0 amide bonds. The Kier molecular flexibility index (Phi) is 5.65. The van der Waals surface area contributed by atoms with E-state index in [2.05, 4.69) is 35.1 Å². The van der Waals surface area contributed by atoms with Crippen LogP contribution in [-0.4, -0.2) is 59.6 Å². The zero-order chi connectivity index (χ0) is 23.7. The fourth-order valence-electron chi connectivity index (χ4n) is 3.62. The highest BCUT2D eigenvalue weighted by atomic mass is 32.2. The first-order valence-electron chi connectivity index (χ1n) is 10.3. The molecule has 12 nitrogen and oxygen atoms in total. The lowest BCUT2D eigenvalue weighted by Gasteiger charge is -2.27. The Morgan fingerprint density at radius 3 is 2.65 bits per heavy atom. The molecule has 0 spiro atoms. The van der Waals surface area contributed by atoms with Crippen molar-refractivity contribution >= 4 is 38.2 Å². The Labute approximate surface area is 193 Å². The van der Waals surface area contributed by atoms with Crippen LogP contribution in [-0.2, 0) is 14.8 Å². The zero-order valence-electron chi connectivity index (χ0n) is 17.8. The lowest BCUT2D eigenvalue weighted by molar-refractivity contribution is 0.122. The lowest BCUT2D eigenvalue weighted by Crippen LogP contribution is -2.36. The van der Waals surface area contributed by atoms with Crippen molar-refractivity contribution in [3.63, 3.8) is 0 Å². The van der Waals surface area contributed by atoms with Crippen molar-refractivity contribution < 1.29 is 13.2 Å². The third-order valence-electron chi connectivity index (χ3n) is 5.31. The molecule has 0 aromatic carbocycles. The molecule has 174 valence electrons. The molecule has 1 aliphatic rings. The molecule has 4 aromatic heterocycles. The minimum Gasteiger partial charge on any atom is -0.378 e. The number of sulfonamides is 1. The van der Waals surface area contributed by atoms with E-state index in [4.69, 9.17) is 9.88 Å². The molecule has 4 aromatic rings. The summed E-state index contributed by atoms with van der Waals surface area (Å²) in [6.45, 7) is 2.84. The number of H-pyrrole nitrogens is 1. The van der Waals surface area contributed by atoms with Gasteiger partial charge in [-0.15, -0.1) is 0 Å². The monoisotopic (exact) mass is 480 g/mol. The molecule has 0 bridgehead atoms. The smallest absolute Gasteiger partial charge is 0.262 e. The van der Waals surface area contributed by atoms with Gasteiger partial charge in [0.25, 0.3) is 5.56 Å². The van der Waals surface area contributed by atoms with Crippen LogP contribution in [0.25, 0.3) is 22.2 Å². The molecule has 0 aliphatic carbocycles. The first-order chi connectivity index (χ1) is 16.4. The Morgan fingerprint density at radius 2 is 1.91 bits per heavy atom. The number of hydrogen-bond donors (Lipinski definition) is 3. The molecule has 0 radical (unpaired) electrons. The van der Waals surface area contributed by atoms with Crippen molar-refractivity contribution in [3.05, 3.63) is 59.5 Å². The normalized spacial score (nSPS) is 14.3. The maximum atomic E-state index is 12.6. The van der Waals surface area contributed by atoms with Crippen LogP contribution < -0.4 is 20.9 Å². The largest absolute Gasteiger partial charge is 0.378 e. The number of aromatic nitrogens is 5. The summed E-state index contributed by atoms with van der Waals surface area (Å²) in [7, 11) is -3.95. The average molecular weight is 481 g/mol. The summed E-state index contributed by atoms with van der Waals surface area (Å²) in [5.41, 5.74) is 1.38. The van der Waals surface area contributed by atoms with Crippen LogP contribution in [0.15, 0.2) is 58.9 Å². The van der Waals surface area contributed by atoms with Gasteiger partial charge in [0, 0.05) is 31.0 Å². The van der Waals surface area contributed by atoms with E-state index in [9.17, 15) is 13.2 Å². The number of nitrogens with zero attached hydrogens (tertiary/aromatic N) is 5. The van der Waals surface area contributed by atoms with Crippen LogP contribution in [0, 0.1) is 0 Å². The van der Waals surface area contributed by atoms with E-state index >= 15 is 0 Å². The number of nitrogens with two attached hydrogens (primary N) is 1. The number of anilines is 3. The molecule has 0 atom stereocenters. The molecule has 0 saturated carbocycles. The van der Waals surface area contributed by atoms with E-state index in [0.29, 0.717) is 35.7 Å². The molecule has 4 N–H and O–H groups in total. The summed E-state index contributed by atoms with van der Waals surface area (Å²) in [6, 6.07) is 6.67. The molecule has 34 heavy (non-hydrogen) atoms. The van der Waals surface area contributed by atoms with E-state index < -0.39 is 10.0 Å². The second kappa shape index (κ2) is 8.78. The molecule has 1 saturated heterocycles. The minimum atomic E-state index is -3.95. The predicted molar refractivity (Wildman–Crippen MR) is 125 cm³/mol. The van der Waals surface area contributed by atoms with Crippen molar-refractivity contribution in [2.75, 3.05) is 36.5 Å². The van der Waals surface area contributed by atoms with Crippen molar-refractivity contribution in [2.45, 2.75) is 4.90 Å². The number of ether oxygens (including phenoxy) is 1. The van der Waals surface area contributed by atoms with E-state index in [-0.39, 0.29) is 21.7 Å². The molecule has 5 rings (SSSR count). The van der Waals surface area contributed by atoms with Crippen LogP contribution >= 0.6 is 0 Å². The number of pyridine rings is 3. The summed E-state index contributed by atoms with van der Waals surface area (Å²) in [6.07, 6.45) is 5.55. The third kappa shape index (κ3) is 4.44. The van der Waals surface area contributed by atoms with Crippen LogP contribution in [0.1, 0.15) is 0 Å². The Bertz CT molecular complexity index is 1520. The van der Waals surface area contributed by atoms with Gasteiger partial charge in [0.05, 0.1) is 42.6 Å². The van der Waals surface area contributed by atoms with E-state index in [1.807, 2.05) is 12.1 Å². The molecule has 13 heteroatoms. The molecule has 1 aliphatic heterocycles. The van der Waals surface area contributed by atoms with Crippen molar-refractivity contribution in [1.29, 1.82) is 0 Å². The van der Waals surface area contributed by atoms with Gasteiger partial charge in [0.15, 0.2) is 0 Å². The highest BCUT2D eigenvalue weighted by molar-refractivity contribution is 7.89. The second-order valence-corrected chi connectivity index (χ2v) is 9.13. The van der Waals surface area contributed by atoms with Crippen LogP contribution in [0.2, 0.25) is 0 Å². The first-order valence-corrected chi connectivity index (χ1v) is 11.9. The van der Waals surface area contributed by atoms with Gasteiger partial charge >= 0.3 is 0 Å². The Hall–Kier alpha value is -3.94. The van der Waals surface area contributed by atoms with Gasteiger partial charge in [-0.3, -0.25) is 9.78 Å². The Morgan fingerprint density at radius 1 is 1.09 bits per heavy atom. The molecular weight excluding hydrogens is 460 g/mol. The standard InChI is InChI=1S/C21H20N8O4S/c22-34(31,32)15-7-13(9-23-11-15)16-8-17-19(21(30)26-12-25-17)20(28-16)27-14-1-2-18(24-10-14)29-3-5-33-6-4-29/h1-2,7-12H,3-6H2,(H,27,28)(H2,22,31,32)(H,25,26,30). The number of fused-ring (bicyclic) bond motifs is 1. The number of morpholine rings is 1. The van der Waals surface area contributed by atoms with Gasteiger partial charge in [0.2, 0.25) is 10.0 Å². The first kappa shape index (κ1) is 21.9. The van der Waals surface area contributed by atoms with Crippen molar-refractivity contribution in [2.24, 2.45) is 5.14 Å². The van der Waals surface area contributed by atoms with Gasteiger partial charge in [0.1, 0.15) is 21.9 Å².